The van der Waals surface area contributed by atoms with Crippen molar-refractivity contribution in [3.63, 3.8) is 0 Å². The number of aryl methyl sites for hydroxylation is 1. The fourth-order valence-electron chi connectivity index (χ4n) is 2.02. The van der Waals surface area contributed by atoms with Crippen molar-refractivity contribution in [2.45, 2.75) is 45.8 Å². The van der Waals surface area contributed by atoms with Gasteiger partial charge in [-0.1, -0.05) is 0 Å². The van der Waals surface area contributed by atoms with Gasteiger partial charge >= 0.3 is 13.1 Å². The van der Waals surface area contributed by atoms with Crippen molar-refractivity contribution in [3.8, 4) is 0 Å². The van der Waals surface area contributed by atoms with Crippen LogP contribution in [0, 0.1) is 6.92 Å². The zero-order valence-corrected chi connectivity index (χ0v) is 13.3. The summed E-state index contributed by atoms with van der Waals surface area (Å²) < 4.78 is 25.6. The van der Waals surface area contributed by atoms with Crippen LogP contribution >= 0.6 is 0 Å². The summed E-state index contributed by atoms with van der Waals surface area (Å²) in [5, 5.41) is 9.15. The van der Waals surface area contributed by atoms with E-state index in [-0.39, 0.29) is 11.3 Å². The molecule has 0 unspecified atom stereocenters. The molecular weight excluding hydrogens is 288 g/mol. The van der Waals surface area contributed by atoms with Gasteiger partial charge in [0.15, 0.2) is 0 Å². The Balaban J connectivity index is 2.35. The van der Waals surface area contributed by atoms with Gasteiger partial charge in [-0.25, -0.2) is 9.18 Å². The van der Waals surface area contributed by atoms with Gasteiger partial charge in [-0.2, -0.15) is 0 Å². The second kappa shape index (κ2) is 5.48. The lowest BCUT2D eigenvalue weighted by atomic mass is 9.87. The molecule has 0 saturated carbocycles. The lowest BCUT2D eigenvalue weighted by molar-refractivity contribution is 0.00578. The number of hydrogen-bond acceptors (Lipinski definition) is 4. The molecule has 2 heterocycles. The number of carbonyl (C=O) groups is 1. The van der Waals surface area contributed by atoms with Gasteiger partial charge in [-0.15, -0.1) is 0 Å². The summed E-state index contributed by atoms with van der Waals surface area (Å²) in [6.45, 7) is 8.96. The van der Waals surface area contributed by atoms with Gasteiger partial charge in [0.1, 0.15) is 5.73 Å². The fourth-order valence-corrected chi connectivity index (χ4v) is 2.02. The Morgan fingerprint density at radius 2 is 1.82 bits per heavy atom. The maximum absolute atomic E-state index is 14.4. The lowest BCUT2D eigenvalue weighted by Crippen LogP contribution is -2.41. The van der Waals surface area contributed by atoms with Gasteiger partial charge in [-0.3, -0.25) is 4.98 Å². The minimum atomic E-state index is -1.17. The molecule has 0 aromatic carbocycles. The van der Waals surface area contributed by atoms with E-state index in [0.29, 0.717) is 5.69 Å². The summed E-state index contributed by atoms with van der Waals surface area (Å²) in [4.78, 5) is 15.3. The first kappa shape index (κ1) is 16.6. The Labute approximate surface area is 129 Å². The third-order valence-corrected chi connectivity index (χ3v) is 4.05. The minimum absolute atomic E-state index is 0.0414. The predicted molar refractivity (Wildman–Crippen MR) is 81.1 cm³/mol. The molecule has 0 spiro atoms. The minimum Gasteiger partial charge on any atom is -0.478 e. The molecule has 0 bridgehead atoms. The highest BCUT2D eigenvalue weighted by molar-refractivity contribution is 6.54. The van der Waals surface area contributed by atoms with Gasteiger partial charge in [0.05, 0.1) is 22.5 Å². The molecule has 1 fully saturated rings. The molecule has 1 aromatic heterocycles. The monoisotopic (exact) mass is 307 g/mol. The maximum Gasteiger partial charge on any atom is 0.525 e. The van der Waals surface area contributed by atoms with Crippen LogP contribution in [0.3, 0.4) is 0 Å². The van der Waals surface area contributed by atoms with Crippen molar-refractivity contribution >= 4 is 19.2 Å². The molecular formula is C15H19BFNO4. The molecule has 118 valence electrons. The quantitative estimate of drug-likeness (QED) is 0.869. The Bertz CT molecular complexity index is 626. The molecule has 22 heavy (non-hydrogen) atoms. The maximum atomic E-state index is 14.4. The summed E-state index contributed by atoms with van der Waals surface area (Å²) in [6, 6.07) is 2.96. The lowest BCUT2D eigenvalue weighted by Gasteiger charge is -2.32. The van der Waals surface area contributed by atoms with E-state index in [9.17, 15) is 9.18 Å². The summed E-state index contributed by atoms with van der Waals surface area (Å²) in [5.41, 5.74) is -1.48. The van der Waals surface area contributed by atoms with E-state index in [2.05, 4.69) is 4.98 Å². The van der Waals surface area contributed by atoms with Crippen LogP contribution in [0.4, 0.5) is 4.39 Å². The number of nitrogens with zero attached hydrogens (tertiary/aromatic N) is 1. The van der Waals surface area contributed by atoms with Gasteiger partial charge in [0.2, 0.25) is 0 Å². The first-order valence-corrected chi connectivity index (χ1v) is 6.97. The van der Waals surface area contributed by atoms with Crippen molar-refractivity contribution in [3.05, 3.63) is 34.8 Å². The molecule has 7 heteroatoms. The van der Waals surface area contributed by atoms with Crippen molar-refractivity contribution in [1.29, 1.82) is 0 Å². The average Bonchev–Trinajstić information content (AvgIpc) is 2.58. The largest absolute Gasteiger partial charge is 0.525 e. The molecule has 0 amide bonds. The van der Waals surface area contributed by atoms with Crippen LogP contribution in [0.15, 0.2) is 17.9 Å². The van der Waals surface area contributed by atoms with Crippen LogP contribution in [0.2, 0.25) is 0 Å². The van der Waals surface area contributed by atoms with Gasteiger partial charge < -0.3 is 14.4 Å². The normalized spacial score (nSPS) is 20.3. The number of pyridine rings is 1. The molecule has 2 rings (SSSR count). The van der Waals surface area contributed by atoms with Gasteiger partial charge in [-0.05, 0) is 52.8 Å². The third kappa shape index (κ3) is 3.05. The zero-order chi connectivity index (χ0) is 16.7. The van der Waals surface area contributed by atoms with Gasteiger partial charge in [0, 0.05) is 5.69 Å². The highest BCUT2D eigenvalue weighted by Gasteiger charge is 2.53. The number of hydrogen-bond donors (Lipinski definition) is 1. The molecule has 1 N–H and O–H groups in total. The van der Waals surface area contributed by atoms with Crippen LogP contribution in [0.1, 0.15) is 49.4 Å². The number of aromatic carboxylic acids is 1. The van der Waals surface area contributed by atoms with E-state index in [1.807, 2.05) is 27.7 Å². The van der Waals surface area contributed by atoms with Crippen LogP contribution in [-0.2, 0) is 9.31 Å². The Kier molecular flexibility index (Phi) is 4.15. The van der Waals surface area contributed by atoms with Crippen LogP contribution in [-0.4, -0.2) is 34.4 Å². The van der Waals surface area contributed by atoms with E-state index in [0.717, 1.165) is 6.08 Å². The topological polar surface area (TPSA) is 68.7 Å². The smallest absolute Gasteiger partial charge is 0.478 e. The van der Waals surface area contributed by atoms with E-state index < -0.39 is 30.0 Å². The van der Waals surface area contributed by atoms with Crippen LogP contribution in [0.5, 0.6) is 0 Å². The molecule has 0 radical (unpaired) electrons. The van der Waals surface area contributed by atoms with Crippen molar-refractivity contribution < 1.29 is 23.6 Å². The van der Waals surface area contributed by atoms with E-state index in [4.69, 9.17) is 14.4 Å². The molecule has 0 atom stereocenters. The highest BCUT2D eigenvalue weighted by Crippen LogP contribution is 2.39. The summed E-state index contributed by atoms with van der Waals surface area (Å²) >= 11 is 0. The molecule has 0 aliphatic carbocycles. The number of rotatable bonds is 3. The van der Waals surface area contributed by atoms with E-state index >= 15 is 0 Å². The van der Waals surface area contributed by atoms with E-state index in [1.54, 1.807) is 13.0 Å². The summed E-state index contributed by atoms with van der Waals surface area (Å²) in [6.07, 6.45) is 1.05. The molecule has 1 saturated heterocycles. The van der Waals surface area contributed by atoms with Crippen LogP contribution in [0.25, 0.3) is 6.08 Å². The summed E-state index contributed by atoms with van der Waals surface area (Å²) in [5.74, 6) is -1.17. The van der Waals surface area contributed by atoms with Crippen molar-refractivity contribution in [1.82, 2.24) is 4.98 Å². The predicted octanol–water partition coefficient (Wildman–Crippen LogP) is 3.03. The Hall–Kier alpha value is -1.73. The zero-order valence-electron chi connectivity index (χ0n) is 13.3. The fraction of sp³-hybridized carbons (Fsp3) is 0.467. The average molecular weight is 307 g/mol. The third-order valence-electron chi connectivity index (χ3n) is 4.05. The Morgan fingerprint density at radius 1 is 1.27 bits per heavy atom. The Morgan fingerprint density at radius 3 is 2.32 bits per heavy atom. The van der Waals surface area contributed by atoms with Crippen LogP contribution < -0.4 is 0 Å². The molecule has 5 nitrogen and oxygen atoms in total. The standard InChI is InChI=1S/C15H19BFNO4/c1-9-6-7-10(13(19)20)11(18-9)8-12(17)16-21-14(2,3)15(4,5)22-16/h6-8H,1-5H3,(H,19,20)/b12-8-. The number of aromatic nitrogens is 1. The van der Waals surface area contributed by atoms with E-state index in [1.165, 1.54) is 6.07 Å². The molecule has 1 aromatic rings. The summed E-state index contributed by atoms with van der Waals surface area (Å²) in [7, 11) is -1.17. The highest BCUT2D eigenvalue weighted by atomic mass is 19.1. The number of carboxylic acid groups (broad SMARTS) is 1. The SMILES string of the molecule is Cc1ccc(C(=O)O)c(/C=C(\F)B2OC(C)(C)C(C)(C)O2)n1. The number of carboxylic acids is 1. The first-order valence-electron chi connectivity index (χ1n) is 6.97. The second-order valence-electron chi connectivity index (χ2n) is 6.31. The van der Waals surface area contributed by atoms with Crippen molar-refractivity contribution in [2.24, 2.45) is 0 Å². The first-order chi connectivity index (χ1) is 10.0. The molecule has 1 aliphatic rings. The van der Waals surface area contributed by atoms with Crippen molar-refractivity contribution in [2.75, 3.05) is 0 Å². The van der Waals surface area contributed by atoms with Gasteiger partial charge in [0.25, 0.3) is 0 Å². The second-order valence-corrected chi connectivity index (χ2v) is 6.31. The molecule has 1 aliphatic heterocycles. The number of halogens is 1.